The first-order valence-electron chi connectivity index (χ1n) is 6.51. The summed E-state index contributed by atoms with van der Waals surface area (Å²) in [6.07, 6.45) is 0. The van der Waals surface area contributed by atoms with Crippen LogP contribution in [-0.4, -0.2) is 0 Å². The molecule has 0 bridgehead atoms. The van der Waals surface area contributed by atoms with Gasteiger partial charge in [-0.05, 0) is 43.5 Å². The lowest BCUT2D eigenvalue weighted by Crippen LogP contribution is -2.23. The van der Waals surface area contributed by atoms with Gasteiger partial charge in [0, 0.05) is 5.02 Å². The van der Waals surface area contributed by atoms with Crippen molar-refractivity contribution in [1.29, 1.82) is 15.8 Å². The summed E-state index contributed by atoms with van der Waals surface area (Å²) in [6, 6.07) is 11.0. The molecule has 1 aliphatic rings. The van der Waals surface area contributed by atoms with Crippen molar-refractivity contribution in [2.45, 2.75) is 26.4 Å². The van der Waals surface area contributed by atoms with Crippen LogP contribution in [0.1, 0.15) is 25.0 Å². The van der Waals surface area contributed by atoms with Gasteiger partial charge in [-0.15, -0.1) is 0 Å². The normalized spacial score (nSPS) is 20.0. The Morgan fingerprint density at radius 3 is 2.32 bits per heavy atom. The smallest absolute Gasteiger partial charge is 0.172 e. The second-order valence-electron chi connectivity index (χ2n) is 5.14. The fraction of sp³-hybridized carbons (Fsp3) is 0.235. The highest BCUT2D eigenvalue weighted by molar-refractivity contribution is 6.31. The fourth-order valence-electron chi connectivity index (χ4n) is 2.39. The Morgan fingerprint density at radius 2 is 1.82 bits per heavy atom. The Hall–Kier alpha value is -2.74. The molecule has 1 unspecified atom stereocenters. The third-order valence-corrected chi connectivity index (χ3v) is 4.32. The molecule has 1 aromatic carbocycles. The number of hydrogen-bond acceptors (Lipinski definition) is 4. The Morgan fingerprint density at radius 1 is 1.18 bits per heavy atom. The first-order valence-corrected chi connectivity index (χ1v) is 6.88. The number of rotatable bonds is 1. The molecule has 1 aromatic rings. The summed E-state index contributed by atoms with van der Waals surface area (Å²) in [5.74, 6) is 0.0418. The Balaban J connectivity index is 2.69. The summed E-state index contributed by atoms with van der Waals surface area (Å²) in [4.78, 5) is 0. The summed E-state index contributed by atoms with van der Waals surface area (Å²) in [6.45, 7) is 5.45. The van der Waals surface area contributed by atoms with Gasteiger partial charge >= 0.3 is 0 Å². The number of ether oxygens (including phenoxy) is 1. The average Bonchev–Trinajstić information content (AvgIpc) is 2.76. The van der Waals surface area contributed by atoms with Crippen molar-refractivity contribution in [2.75, 3.05) is 0 Å². The van der Waals surface area contributed by atoms with Crippen LogP contribution in [0.2, 0.25) is 5.02 Å². The van der Waals surface area contributed by atoms with Gasteiger partial charge in [0.1, 0.15) is 18.2 Å². The van der Waals surface area contributed by atoms with E-state index in [-0.39, 0.29) is 16.9 Å². The van der Waals surface area contributed by atoms with Gasteiger partial charge in [0.15, 0.2) is 16.9 Å². The molecule has 0 spiro atoms. The van der Waals surface area contributed by atoms with E-state index in [1.165, 1.54) is 0 Å². The largest absolute Gasteiger partial charge is 0.475 e. The van der Waals surface area contributed by atoms with Crippen molar-refractivity contribution in [3.8, 4) is 18.2 Å². The zero-order chi connectivity index (χ0) is 16.5. The highest BCUT2D eigenvalue weighted by Crippen LogP contribution is 2.46. The van der Waals surface area contributed by atoms with Crippen molar-refractivity contribution in [3.63, 3.8) is 0 Å². The molecule has 0 saturated heterocycles. The molecule has 0 aromatic heterocycles. The number of benzene rings is 1. The molecule has 22 heavy (non-hydrogen) atoms. The van der Waals surface area contributed by atoms with E-state index in [2.05, 4.69) is 0 Å². The number of nitrogens with zero attached hydrogens (tertiary/aromatic N) is 3. The lowest BCUT2D eigenvalue weighted by Gasteiger charge is -2.27. The van der Waals surface area contributed by atoms with E-state index in [9.17, 15) is 5.26 Å². The summed E-state index contributed by atoms with van der Waals surface area (Å²) in [5.41, 5.74) is 1.47. The Bertz CT molecular complexity index is 830. The minimum atomic E-state index is -0.908. The molecular formula is C17H12ClN3O. The van der Waals surface area contributed by atoms with Crippen molar-refractivity contribution >= 4 is 11.6 Å². The highest BCUT2D eigenvalue weighted by atomic mass is 35.5. The number of allylic oxidation sites excluding steroid dienone is 2. The van der Waals surface area contributed by atoms with Gasteiger partial charge in [-0.2, -0.15) is 15.8 Å². The van der Waals surface area contributed by atoms with Crippen molar-refractivity contribution in [2.24, 2.45) is 0 Å². The lowest BCUT2D eigenvalue weighted by atomic mass is 9.87. The second kappa shape index (κ2) is 5.57. The summed E-state index contributed by atoms with van der Waals surface area (Å²) in [7, 11) is 0. The molecule has 1 atom stereocenters. The first kappa shape index (κ1) is 15.6. The van der Waals surface area contributed by atoms with E-state index < -0.39 is 5.60 Å². The summed E-state index contributed by atoms with van der Waals surface area (Å²) in [5, 5.41) is 28.1. The molecular weight excluding hydrogens is 298 g/mol. The minimum Gasteiger partial charge on any atom is -0.475 e. The maximum absolute atomic E-state index is 9.36. The Kier molecular flexibility index (Phi) is 3.96. The number of halogens is 1. The summed E-state index contributed by atoms with van der Waals surface area (Å²) >= 11 is 6.05. The van der Waals surface area contributed by atoms with Crippen molar-refractivity contribution < 1.29 is 4.74 Å². The topological polar surface area (TPSA) is 80.6 Å². The number of aryl methyl sites for hydroxylation is 1. The quantitative estimate of drug-likeness (QED) is 0.733. The van der Waals surface area contributed by atoms with E-state index >= 15 is 0 Å². The van der Waals surface area contributed by atoms with Gasteiger partial charge in [0.25, 0.3) is 0 Å². The molecule has 0 aliphatic carbocycles. The van der Waals surface area contributed by atoms with Gasteiger partial charge in [-0.3, -0.25) is 0 Å². The molecule has 0 radical (unpaired) electrons. The lowest BCUT2D eigenvalue weighted by molar-refractivity contribution is 0.0727. The van der Waals surface area contributed by atoms with Gasteiger partial charge in [-0.25, -0.2) is 0 Å². The molecule has 0 fully saturated rings. The third kappa shape index (κ3) is 2.23. The third-order valence-electron chi connectivity index (χ3n) is 3.90. The molecule has 1 heterocycles. The van der Waals surface area contributed by atoms with Crippen LogP contribution in [0.3, 0.4) is 0 Å². The van der Waals surface area contributed by atoms with E-state index in [4.69, 9.17) is 26.9 Å². The van der Waals surface area contributed by atoms with Crippen LogP contribution < -0.4 is 0 Å². The van der Waals surface area contributed by atoms with Gasteiger partial charge in [0.05, 0.1) is 5.57 Å². The van der Waals surface area contributed by atoms with Crippen molar-refractivity contribution in [3.05, 3.63) is 56.8 Å². The van der Waals surface area contributed by atoms with Crippen LogP contribution in [0.4, 0.5) is 0 Å². The maximum Gasteiger partial charge on any atom is 0.172 e. The SMILES string of the molecule is CC1=C(C#N)C(=C(C#N)C#N)OC1(C)c1ccc(Cl)c(C)c1. The number of nitriles is 3. The van der Waals surface area contributed by atoms with Crippen LogP contribution in [0, 0.1) is 40.9 Å². The minimum absolute atomic E-state index is 0.0418. The molecule has 4 nitrogen and oxygen atoms in total. The molecule has 5 heteroatoms. The molecule has 1 aliphatic heterocycles. The monoisotopic (exact) mass is 309 g/mol. The average molecular weight is 310 g/mol. The first-order chi connectivity index (χ1) is 10.4. The molecule has 0 N–H and O–H groups in total. The Labute approximate surface area is 134 Å². The van der Waals surface area contributed by atoms with Gasteiger partial charge < -0.3 is 4.74 Å². The van der Waals surface area contributed by atoms with Gasteiger partial charge in [0.2, 0.25) is 0 Å². The maximum atomic E-state index is 9.36. The number of hydrogen-bond donors (Lipinski definition) is 0. The summed E-state index contributed by atoms with van der Waals surface area (Å²) < 4.78 is 5.88. The van der Waals surface area contributed by atoms with Crippen LogP contribution >= 0.6 is 11.6 Å². The fourth-order valence-corrected chi connectivity index (χ4v) is 2.51. The molecule has 0 saturated carbocycles. The van der Waals surface area contributed by atoms with Crippen LogP contribution in [0.5, 0.6) is 0 Å². The van der Waals surface area contributed by atoms with Crippen LogP contribution in [0.25, 0.3) is 0 Å². The van der Waals surface area contributed by atoms with E-state index in [1.807, 2.05) is 32.0 Å². The van der Waals surface area contributed by atoms with Crippen LogP contribution in [-0.2, 0) is 10.3 Å². The highest BCUT2D eigenvalue weighted by Gasteiger charge is 2.42. The molecule has 2 rings (SSSR count). The zero-order valence-electron chi connectivity index (χ0n) is 12.4. The molecule has 108 valence electrons. The standard InChI is InChI=1S/C17H12ClN3O/c1-10-6-13(4-5-15(10)18)17(3)11(2)14(9-21)16(22-17)12(7-19)8-20/h4-6H,1-3H3. The molecule has 0 amide bonds. The zero-order valence-corrected chi connectivity index (χ0v) is 13.1. The van der Waals surface area contributed by atoms with E-state index in [0.29, 0.717) is 10.6 Å². The van der Waals surface area contributed by atoms with Gasteiger partial charge in [-0.1, -0.05) is 23.7 Å². The van der Waals surface area contributed by atoms with Crippen LogP contribution in [0.15, 0.2) is 40.7 Å². The second-order valence-corrected chi connectivity index (χ2v) is 5.55. The van der Waals surface area contributed by atoms with Crippen molar-refractivity contribution in [1.82, 2.24) is 0 Å². The predicted molar refractivity (Wildman–Crippen MR) is 81.2 cm³/mol. The predicted octanol–water partition coefficient (Wildman–Crippen LogP) is 4.04. The van der Waals surface area contributed by atoms with E-state index in [1.54, 1.807) is 25.1 Å². The van der Waals surface area contributed by atoms with E-state index in [0.717, 1.165) is 11.1 Å².